The summed E-state index contributed by atoms with van der Waals surface area (Å²) in [5.41, 5.74) is 0.567. The van der Waals surface area contributed by atoms with Gasteiger partial charge >= 0.3 is 0 Å². The van der Waals surface area contributed by atoms with Crippen LogP contribution in [0.25, 0.3) is 0 Å². The van der Waals surface area contributed by atoms with E-state index in [-0.39, 0.29) is 31.3 Å². The molecule has 0 heterocycles. The Hall–Kier alpha value is -2.11. The van der Waals surface area contributed by atoms with Gasteiger partial charge in [-0.3, -0.25) is 4.79 Å². The van der Waals surface area contributed by atoms with Gasteiger partial charge in [0.15, 0.2) is 0 Å². The number of nitrogens with one attached hydrogen (secondary N) is 1. The normalized spacial score (nSPS) is 11.8. The molecule has 2 rings (SSSR count). The number of hydrogen-bond donors (Lipinski definition) is 2. The summed E-state index contributed by atoms with van der Waals surface area (Å²) in [4.78, 5) is 11.7. The summed E-state index contributed by atoms with van der Waals surface area (Å²) in [5, 5.41) is 13.1. The van der Waals surface area contributed by atoms with Crippen molar-refractivity contribution in [1.29, 1.82) is 0 Å². The second kappa shape index (κ2) is 8.50. The van der Waals surface area contributed by atoms with Gasteiger partial charge in [0.05, 0.1) is 19.1 Å². The lowest BCUT2D eigenvalue weighted by Gasteiger charge is -2.13. The molecule has 122 valence electrons. The largest absolute Gasteiger partial charge is 0.493 e. The first-order valence-corrected chi connectivity index (χ1v) is 7.51. The van der Waals surface area contributed by atoms with Crippen molar-refractivity contribution >= 4 is 17.5 Å². The van der Waals surface area contributed by atoms with E-state index in [2.05, 4.69) is 5.32 Å². The molecule has 0 saturated carbocycles. The van der Waals surface area contributed by atoms with Crippen molar-refractivity contribution in [3.63, 3.8) is 0 Å². The maximum absolute atomic E-state index is 12.7. The van der Waals surface area contributed by atoms with Gasteiger partial charge in [0.1, 0.15) is 11.6 Å². The first-order valence-electron chi connectivity index (χ1n) is 7.14. The van der Waals surface area contributed by atoms with Gasteiger partial charge in [-0.1, -0.05) is 29.8 Å². The average molecular weight is 338 g/mol. The SMILES string of the molecule is O=C(CCOc1ccc(F)cc1)NCC(O)c1ccccc1Cl. The Morgan fingerprint density at radius 2 is 1.91 bits per heavy atom. The van der Waals surface area contributed by atoms with Crippen LogP contribution in [0.5, 0.6) is 5.75 Å². The molecule has 6 heteroatoms. The number of aliphatic hydroxyl groups is 1. The summed E-state index contributed by atoms with van der Waals surface area (Å²) in [5.74, 6) is -0.0998. The van der Waals surface area contributed by atoms with E-state index in [1.54, 1.807) is 24.3 Å². The van der Waals surface area contributed by atoms with Gasteiger partial charge in [-0.15, -0.1) is 0 Å². The van der Waals surface area contributed by atoms with Crippen molar-refractivity contribution in [3.8, 4) is 5.75 Å². The summed E-state index contributed by atoms with van der Waals surface area (Å²) in [6, 6.07) is 12.5. The highest BCUT2D eigenvalue weighted by Crippen LogP contribution is 2.21. The van der Waals surface area contributed by atoms with Crippen molar-refractivity contribution < 1.29 is 19.0 Å². The van der Waals surface area contributed by atoms with Crippen LogP contribution in [0, 0.1) is 5.82 Å². The Bertz CT molecular complexity index is 649. The van der Waals surface area contributed by atoms with E-state index in [9.17, 15) is 14.3 Å². The predicted molar refractivity (Wildman–Crippen MR) is 85.9 cm³/mol. The number of ether oxygens (including phenoxy) is 1. The van der Waals surface area contributed by atoms with Gasteiger partial charge in [-0.25, -0.2) is 4.39 Å². The zero-order valence-electron chi connectivity index (χ0n) is 12.3. The Kier molecular flexibility index (Phi) is 6.38. The maximum atomic E-state index is 12.7. The summed E-state index contributed by atoms with van der Waals surface area (Å²) >= 11 is 5.98. The standard InChI is InChI=1S/C17H17ClFNO3/c18-15-4-2-1-3-14(15)16(21)11-20-17(22)9-10-23-13-7-5-12(19)6-8-13/h1-8,16,21H,9-11H2,(H,20,22). The van der Waals surface area contributed by atoms with Crippen molar-refractivity contribution in [3.05, 3.63) is 64.9 Å². The van der Waals surface area contributed by atoms with Crippen LogP contribution in [0.3, 0.4) is 0 Å². The minimum atomic E-state index is -0.870. The van der Waals surface area contributed by atoms with Gasteiger partial charge in [-0.05, 0) is 30.3 Å². The first-order chi connectivity index (χ1) is 11.1. The van der Waals surface area contributed by atoms with Crippen molar-refractivity contribution in [2.24, 2.45) is 0 Å². The minimum absolute atomic E-state index is 0.0686. The molecule has 0 spiro atoms. The van der Waals surface area contributed by atoms with Crippen molar-refractivity contribution in [2.45, 2.75) is 12.5 Å². The van der Waals surface area contributed by atoms with Crippen molar-refractivity contribution in [2.75, 3.05) is 13.2 Å². The smallest absolute Gasteiger partial charge is 0.223 e. The number of carbonyl (C=O) groups excluding carboxylic acids is 1. The van der Waals surface area contributed by atoms with Gasteiger partial charge in [0.25, 0.3) is 0 Å². The molecule has 2 aromatic carbocycles. The van der Waals surface area contributed by atoms with E-state index in [1.165, 1.54) is 24.3 Å². The number of halogens is 2. The Morgan fingerprint density at radius 3 is 2.61 bits per heavy atom. The van der Waals surface area contributed by atoms with Crippen LogP contribution >= 0.6 is 11.6 Å². The summed E-state index contributed by atoms with van der Waals surface area (Å²) in [6.45, 7) is 0.235. The van der Waals surface area contributed by atoms with Crippen LogP contribution in [-0.2, 0) is 4.79 Å². The molecule has 0 fully saturated rings. The van der Waals surface area contributed by atoms with Gasteiger partial charge in [0.2, 0.25) is 5.91 Å². The molecule has 2 aromatic rings. The van der Waals surface area contributed by atoms with Crippen LogP contribution in [-0.4, -0.2) is 24.2 Å². The predicted octanol–water partition coefficient (Wildman–Crippen LogP) is 3.10. The number of benzene rings is 2. The number of rotatable bonds is 7. The minimum Gasteiger partial charge on any atom is -0.493 e. The number of amides is 1. The second-order valence-electron chi connectivity index (χ2n) is 4.89. The van der Waals surface area contributed by atoms with Crippen LogP contribution in [0.15, 0.2) is 48.5 Å². The maximum Gasteiger partial charge on any atom is 0.223 e. The lowest BCUT2D eigenvalue weighted by molar-refractivity contribution is -0.122. The number of carbonyl (C=O) groups is 1. The van der Waals surface area contributed by atoms with Crippen molar-refractivity contribution in [1.82, 2.24) is 5.32 Å². The van der Waals surface area contributed by atoms with E-state index < -0.39 is 6.10 Å². The summed E-state index contributed by atoms with van der Waals surface area (Å²) < 4.78 is 18.1. The third-order valence-corrected chi connectivity index (χ3v) is 3.51. The van der Waals surface area contributed by atoms with E-state index in [0.29, 0.717) is 16.3 Å². The molecule has 1 amide bonds. The fourth-order valence-electron chi connectivity index (χ4n) is 1.95. The lowest BCUT2D eigenvalue weighted by Crippen LogP contribution is -2.29. The Morgan fingerprint density at radius 1 is 1.22 bits per heavy atom. The quantitative estimate of drug-likeness (QED) is 0.816. The van der Waals surface area contributed by atoms with E-state index in [0.717, 1.165) is 0 Å². The van der Waals surface area contributed by atoms with Crippen LogP contribution in [0.4, 0.5) is 4.39 Å². The number of hydrogen-bond acceptors (Lipinski definition) is 3. The van der Waals surface area contributed by atoms with E-state index >= 15 is 0 Å². The van der Waals surface area contributed by atoms with Crippen LogP contribution in [0.2, 0.25) is 5.02 Å². The van der Waals surface area contributed by atoms with E-state index in [4.69, 9.17) is 16.3 Å². The fraction of sp³-hybridized carbons (Fsp3) is 0.235. The third-order valence-electron chi connectivity index (χ3n) is 3.17. The molecule has 1 unspecified atom stereocenters. The zero-order valence-corrected chi connectivity index (χ0v) is 13.1. The molecule has 4 nitrogen and oxygen atoms in total. The monoisotopic (exact) mass is 337 g/mol. The molecule has 0 saturated heterocycles. The highest BCUT2D eigenvalue weighted by molar-refractivity contribution is 6.31. The average Bonchev–Trinajstić information content (AvgIpc) is 2.55. The molecule has 23 heavy (non-hydrogen) atoms. The van der Waals surface area contributed by atoms with Gasteiger partial charge in [-0.2, -0.15) is 0 Å². The van der Waals surface area contributed by atoms with E-state index in [1.807, 2.05) is 0 Å². The second-order valence-corrected chi connectivity index (χ2v) is 5.30. The molecule has 0 aromatic heterocycles. The molecule has 0 radical (unpaired) electrons. The van der Waals surface area contributed by atoms with Gasteiger partial charge in [0, 0.05) is 17.1 Å². The topological polar surface area (TPSA) is 58.6 Å². The summed E-state index contributed by atoms with van der Waals surface area (Å²) in [7, 11) is 0. The van der Waals surface area contributed by atoms with Gasteiger partial charge < -0.3 is 15.2 Å². The Balaban J connectivity index is 1.71. The lowest BCUT2D eigenvalue weighted by atomic mass is 10.1. The third kappa shape index (κ3) is 5.54. The molecular weight excluding hydrogens is 321 g/mol. The molecule has 2 N–H and O–H groups in total. The zero-order chi connectivity index (χ0) is 16.7. The van der Waals surface area contributed by atoms with Crippen LogP contribution < -0.4 is 10.1 Å². The molecule has 0 aliphatic heterocycles. The molecule has 1 atom stereocenters. The summed E-state index contributed by atoms with van der Waals surface area (Å²) in [6.07, 6.45) is -0.738. The molecule has 0 aliphatic rings. The molecule has 0 bridgehead atoms. The fourth-order valence-corrected chi connectivity index (χ4v) is 2.21. The highest BCUT2D eigenvalue weighted by atomic mass is 35.5. The molecular formula is C17H17ClFNO3. The number of aliphatic hydroxyl groups excluding tert-OH is 1. The first kappa shape index (κ1) is 17.2. The van der Waals surface area contributed by atoms with Crippen LogP contribution in [0.1, 0.15) is 18.1 Å². The Labute approximate surface area is 138 Å². The molecule has 0 aliphatic carbocycles. The highest BCUT2D eigenvalue weighted by Gasteiger charge is 2.12.